The molecule has 0 aromatic carbocycles. The predicted octanol–water partition coefficient (Wildman–Crippen LogP) is -0.305. The summed E-state index contributed by atoms with van der Waals surface area (Å²) in [6, 6.07) is 0. The number of nitrogens with zero attached hydrogens (tertiary/aromatic N) is 8. The van der Waals surface area contributed by atoms with Crippen molar-refractivity contribution in [2.75, 3.05) is 20.6 Å². The van der Waals surface area contributed by atoms with Crippen LogP contribution in [0.4, 0.5) is 0 Å². The van der Waals surface area contributed by atoms with E-state index in [1.54, 1.807) is 10.8 Å². The molecule has 2 N–H and O–H groups in total. The van der Waals surface area contributed by atoms with Crippen LogP contribution in [-0.2, 0) is 0 Å². The van der Waals surface area contributed by atoms with Crippen molar-refractivity contribution in [1.82, 2.24) is 40.8 Å². The minimum Gasteiger partial charge on any atom is -0.377 e. The number of quaternary nitrogens is 1. The van der Waals surface area contributed by atoms with Crippen molar-refractivity contribution in [2.24, 2.45) is 0 Å². The van der Waals surface area contributed by atoms with Gasteiger partial charge in [-0.1, -0.05) is 18.2 Å². The first-order chi connectivity index (χ1) is 11.0. The standard InChI is InChI=1S/C13H20N9O/c1-4-22(2,3)12(13(23)8-6-5-7-9-13)21-11(16-19-20-21)10-14-17-18-15-10/h5-8,12,23H,4,9H2,1-3H3,(H,14,15,17,18)/q+1. The summed E-state index contributed by atoms with van der Waals surface area (Å²) in [5, 5.41) is 37.0. The van der Waals surface area contributed by atoms with E-state index >= 15 is 0 Å². The lowest BCUT2D eigenvalue weighted by Crippen LogP contribution is -2.57. The van der Waals surface area contributed by atoms with Gasteiger partial charge >= 0.3 is 0 Å². The number of aromatic nitrogens is 8. The molecule has 1 aliphatic rings. The van der Waals surface area contributed by atoms with E-state index in [0.29, 0.717) is 16.7 Å². The predicted molar refractivity (Wildman–Crippen MR) is 80.5 cm³/mol. The van der Waals surface area contributed by atoms with E-state index in [-0.39, 0.29) is 5.82 Å². The van der Waals surface area contributed by atoms with E-state index in [1.165, 1.54) is 0 Å². The number of hydrogen-bond acceptors (Lipinski definition) is 7. The van der Waals surface area contributed by atoms with E-state index in [1.807, 2.05) is 32.3 Å². The van der Waals surface area contributed by atoms with E-state index < -0.39 is 11.8 Å². The Kier molecular flexibility index (Phi) is 3.78. The number of nitrogens with one attached hydrogen (secondary N) is 1. The fourth-order valence-electron chi connectivity index (χ4n) is 2.87. The summed E-state index contributed by atoms with van der Waals surface area (Å²) in [6.07, 6.45) is 7.50. The average Bonchev–Trinajstić information content (AvgIpc) is 3.18. The van der Waals surface area contributed by atoms with Gasteiger partial charge < -0.3 is 9.59 Å². The zero-order valence-corrected chi connectivity index (χ0v) is 13.3. The highest BCUT2D eigenvalue weighted by molar-refractivity contribution is 5.40. The maximum atomic E-state index is 11.3. The molecule has 2 aromatic rings. The number of aromatic amines is 1. The van der Waals surface area contributed by atoms with Gasteiger partial charge in [0.1, 0.15) is 0 Å². The number of rotatable bonds is 5. The first-order valence-corrected chi connectivity index (χ1v) is 7.39. The first kappa shape index (κ1) is 15.4. The molecule has 2 aromatic heterocycles. The van der Waals surface area contributed by atoms with Crippen LogP contribution in [0.25, 0.3) is 11.6 Å². The van der Waals surface area contributed by atoms with Crippen molar-refractivity contribution in [3.05, 3.63) is 24.3 Å². The summed E-state index contributed by atoms with van der Waals surface area (Å²) in [6.45, 7) is 2.83. The number of likely N-dealkylation sites (N-methyl/N-ethyl adjacent to an activating group) is 1. The molecule has 2 unspecified atom stereocenters. The Bertz CT molecular complexity index is 718. The molecule has 0 amide bonds. The lowest BCUT2D eigenvalue weighted by Gasteiger charge is -2.44. The van der Waals surface area contributed by atoms with Crippen molar-refractivity contribution in [1.29, 1.82) is 0 Å². The van der Waals surface area contributed by atoms with Gasteiger partial charge in [-0.05, 0) is 28.6 Å². The fraction of sp³-hybridized carbons (Fsp3) is 0.538. The Balaban J connectivity index is 2.13. The van der Waals surface area contributed by atoms with Crippen molar-refractivity contribution in [3.63, 3.8) is 0 Å². The zero-order chi connectivity index (χ0) is 16.5. The highest BCUT2D eigenvalue weighted by Crippen LogP contribution is 2.37. The van der Waals surface area contributed by atoms with Crippen LogP contribution in [0.5, 0.6) is 0 Å². The average molecular weight is 318 g/mol. The van der Waals surface area contributed by atoms with Gasteiger partial charge in [-0.3, -0.25) is 0 Å². The molecule has 1 aliphatic carbocycles. The van der Waals surface area contributed by atoms with Gasteiger partial charge in [0.05, 0.1) is 20.6 Å². The molecule has 10 heteroatoms. The van der Waals surface area contributed by atoms with Crippen molar-refractivity contribution in [2.45, 2.75) is 25.1 Å². The van der Waals surface area contributed by atoms with Crippen LogP contribution in [0.15, 0.2) is 24.3 Å². The topological polar surface area (TPSA) is 118 Å². The third-order valence-electron chi connectivity index (χ3n) is 4.27. The maximum Gasteiger partial charge on any atom is 0.243 e. The monoisotopic (exact) mass is 318 g/mol. The number of aliphatic hydroxyl groups is 1. The van der Waals surface area contributed by atoms with Crippen LogP contribution in [0, 0.1) is 0 Å². The summed E-state index contributed by atoms with van der Waals surface area (Å²) in [4.78, 5) is 0. The van der Waals surface area contributed by atoms with Crippen LogP contribution >= 0.6 is 0 Å². The Morgan fingerprint density at radius 3 is 2.83 bits per heavy atom. The molecule has 2 heterocycles. The number of allylic oxidation sites excluding steroid dienone is 2. The molecule has 0 fully saturated rings. The zero-order valence-electron chi connectivity index (χ0n) is 13.3. The largest absolute Gasteiger partial charge is 0.377 e. The molecule has 122 valence electrons. The van der Waals surface area contributed by atoms with Crippen LogP contribution in [-0.4, -0.2) is 76.7 Å². The summed E-state index contributed by atoms with van der Waals surface area (Å²) >= 11 is 0. The Hall–Kier alpha value is -2.46. The SMILES string of the molecule is CC[N+](C)(C)C(n1nnnc1-c1nn[nH]n1)C1(O)C=CC=CC1. The van der Waals surface area contributed by atoms with Gasteiger partial charge in [-0.2, -0.15) is 9.90 Å². The van der Waals surface area contributed by atoms with E-state index in [2.05, 4.69) is 43.1 Å². The molecule has 2 atom stereocenters. The molecule has 0 radical (unpaired) electrons. The lowest BCUT2D eigenvalue weighted by atomic mass is 9.90. The van der Waals surface area contributed by atoms with Crippen LogP contribution in [0.2, 0.25) is 0 Å². The van der Waals surface area contributed by atoms with E-state index in [9.17, 15) is 5.11 Å². The number of tetrazole rings is 2. The van der Waals surface area contributed by atoms with Crippen molar-refractivity contribution < 1.29 is 9.59 Å². The molecule has 0 saturated heterocycles. The van der Waals surface area contributed by atoms with Gasteiger partial charge in [-0.25, -0.2) is 0 Å². The van der Waals surface area contributed by atoms with Gasteiger partial charge in [0, 0.05) is 6.42 Å². The highest BCUT2D eigenvalue weighted by atomic mass is 16.3. The molecule has 0 aliphatic heterocycles. The van der Waals surface area contributed by atoms with Crippen LogP contribution in [0.3, 0.4) is 0 Å². The minimum atomic E-state index is -1.12. The number of H-pyrrole nitrogens is 1. The van der Waals surface area contributed by atoms with Crippen LogP contribution < -0.4 is 0 Å². The second-order valence-electron chi connectivity index (χ2n) is 6.13. The molecular formula is C13H20N9O+. The quantitative estimate of drug-likeness (QED) is 0.726. The molecule has 0 saturated carbocycles. The highest BCUT2D eigenvalue weighted by Gasteiger charge is 2.48. The third kappa shape index (κ3) is 2.66. The summed E-state index contributed by atoms with van der Waals surface area (Å²) < 4.78 is 2.06. The molecule has 0 bridgehead atoms. The second-order valence-corrected chi connectivity index (χ2v) is 6.13. The van der Waals surface area contributed by atoms with Gasteiger partial charge in [0.15, 0.2) is 5.60 Å². The Labute approximate surface area is 133 Å². The molecule has 0 spiro atoms. The minimum absolute atomic E-state index is 0.287. The van der Waals surface area contributed by atoms with E-state index in [4.69, 9.17) is 0 Å². The van der Waals surface area contributed by atoms with Crippen molar-refractivity contribution >= 4 is 0 Å². The normalized spacial score (nSPS) is 22.4. The number of hydrogen-bond donors (Lipinski definition) is 2. The maximum absolute atomic E-state index is 11.3. The third-order valence-corrected chi connectivity index (χ3v) is 4.27. The van der Waals surface area contributed by atoms with Crippen LogP contribution in [0.1, 0.15) is 19.5 Å². The van der Waals surface area contributed by atoms with Gasteiger partial charge in [-0.15, -0.1) is 15.3 Å². The summed E-state index contributed by atoms with van der Waals surface area (Å²) in [5.41, 5.74) is -1.12. The summed E-state index contributed by atoms with van der Waals surface area (Å²) in [7, 11) is 4.05. The summed E-state index contributed by atoms with van der Waals surface area (Å²) in [5.74, 6) is 0.648. The van der Waals surface area contributed by atoms with Gasteiger partial charge in [0.2, 0.25) is 17.8 Å². The molecule has 23 heavy (non-hydrogen) atoms. The second kappa shape index (κ2) is 5.63. The molecule has 10 nitrogen and oxygen atoms in total. The van der Waals surface area contributed by atoms with E-state index in [0.717, 1.165) is 6.54 Å². The first-order valence-electron chi connectivity index (χ1n) is 7.39. The van der Waals surface area contributed by atoms with Gasteiger partial charge in [0.25, 0.3) is 0 Å². The van der Waals surface area contributed by atoms with Crippen molar-refractivity contribution in [3.8, 4) is 11.6 Å². The lowest BCUT2D eigenvalue weighted by molar-refractivity contribution is -0.936. The Morgan fingerprint density at radius 2 is 2.22 bits per heavy atom. The smallest absolute Gasteiger partial charge is 0.243 e. The molecule has 3 rings (SSSR count). The molecular weight excluding hydrogens is 298 g/mol. The Morgan fingerprint density at radius 1 is 1.39 bits per heavy atom. The fourth-order valence-corrected chi connectivity index (χ4v) is 2.87.